The lowest BCUT2D eigenvalue weighted by Gasteiger charge is -2.04. The quantitative estimate of drug-likeness (QED) is 0.675. The number of fused-ring (bicyclic) bond motifs is 1. The predicted octanol–water partition coefficient (Wildman–Crippen LogP) is 2.25. The van der Waals surface area contributed by atoms with Crippen molar-refractivity contribution in [1.82, 2.24) is 0 Å². The van der Waals surface area contributed by atoms with E-state index < -0.39 is 11.4 Å². The maximum Gasteiger partial charge on any atom is 0.336 e. The lowest BCUT2D eigenvalue weighted by molar-refractivity contribution is 0.410. The number of halogens is 1. The van der Waals surface area contributed by atoms with E-state index in [-0.39, 0.29) is 5.58 Å². The molecular formula is C11H9FO3. The first-order valence-electron chi connectivity index (χ1n) is 4.40. The van der Waals surface area contributed by atoms with Crippen LogP contribution in [0, 0.1) is 12.7 Å². The summed E-state index contributed by atoms with van der Waals surface area (Å²) in [5.74, 6) is -0.126. The highest BCUT2D eigenvalue weighted by molar-refractivity contribution is 5.82. The van der Waals surface area contributed by atoms with E-state index in [0.29, 0.717) is 16.7 Å². The maximum atomic E-state index is 13.6. The van der Waals surface area contributed by atoms with Gasteiger partial charge in [-0.3, -0.25) is 0 Å². The summed E-state index contributed by atoms with van der Waals surface area (Å²) < 4.78 is 23.4. The topological polar surface area (TPSA) is 39.4 Å². The molecule has 0 saturated heterocycles. The molecular weight excluding hydrogens is 199 g/mol. The molecule has 0 bridgehead atoms. The minimum absolute atomic E-state index is 0.205. The molecule has 15 heavy (non-hydrogen) atoms. The smallest absolute Gasteiger partial charge is 0.336 e. The van der Waals surface area contributed by atoms with Crippen molar-refractivity contribution < 1.29 is 13.5 Å². The maximum absolute atomic E-state index is 13.6. The van der Waals surface area contributed by atoms with Crippen molar-refractivity contribution in [3.05, 3.63) is 40.0 Å². The Morgan fingerprint density at radius 3 is 2.73 bits per heavy atom. The Balaban J connectivity index is 2.91. The number of hydrogen-bond donors (Lipinski definition) is 0. The minimum atomic E-state index is -0.493. The van der Waals surface area contributed by atoms with Crippen molar-refractivity contribution in [2.24, 2.45) is 0 Å². The zero-order chi connectivity index (χ0) is 11.0. The molecule has 2 aromatic rings. The van der Waals surface area contributed by atoms with Gasteiger partial charge < -0.3 is 9.15 Å². The highest BCUT2D eigenvalue weighted by Gasteiger charge is 2.09. The van der Waals surface area contributed by atoms with Crippen molar-refractivity contribution in [2.75, 3.05) is 7.11 Å². The van der Waals surface area contributed by atoms with Crippen molar-refractivity contribution >= 4 is 11.0 Å². The molecule has 3 nitrogen and oxygen atoms in total. The Morgan fingerprint density at radius 1 is 1.33 bits per heavy atom. The lowest BCUT2D eigenvalue weighted by atomic mass is 10.1. The van der Waals surface area contributed by atoms with Crippen LogP contribution in [0.15, 0.2) is 27.4 Å². The van der Waals surface area contributed by atoms with Crippen LogP contribution < -0.4 is 10.4 Å². The fourth-order valence-electron chi connectivity index (χ4n) is 1.53. The standard InChI is InChI=1S/C11H9FO3/c1-6-3-10(13)15-9-5-7(14-2)4-8(12)11(6)9/h3-5H,1-2H3. The third-order valence-electron chi connectivity index (χ3n) is 2.20. The monoisotopic (exact) mass is 208 g/mol. The Hall–Kier alpha value is -1.84. The van der Waals surface area contributed by atoms with Crippen LogP contribution in [0.3, 0.4) is 0 Å². The van der Waals surface area contributed by atoms with E-state index in [2.05, 4.69) is 0 Å². The van der Waals surface area contributed by atoms with E-state index in [1.807, 2.05) is 0 Å². The molecule has 0 amide bonds. The normalized spacial score (nSPS) is 10.6. The summed E-state index contributed by atoms with van der Waals surface area (Å²) in [6.07, 6.45) is 0. The van der Waals surface area contributed by atoms with Gasteiger partial charge in [-0.15, -0.1) is 0 Å². The SMILES string of the molecule is COc1cc(F)c2c(C)cc(=O)oc2c1. The zero-order valence-corrected chi connectivity index (χ0v) is 8.33. The van der Waals surface area contributed by atoms with E-state index in [1.54, 1.807) is 6.92 Å². The fraction of sp³-hybridized carbons (Fsp3) is 0.182. The summed E-state index contributed by atoms with van der Waals surface area (Å²) in [6.45, 7) is 1.66. The molecule has 0 saturated carbocycles. The van der Waals surface area contributed by atoms with Crippen molar-refractivity contribution in [3.63, 3.8) is 0 Å². The van der Waals surface area contributed by atoms with Crippen LogP contribution in [-0.2, 0) is 0 Å². The predicted molar refractivity (Wildman–Crippen MR) is 53.7 cm³/mol. The van der Waals surface area contributed by atoms with Gasteiger partial charge >= 0.3 is 5.63 Å². The highest BCUT2D eigenvalue weighted by atomic mass is 19.1. The molecule has 4 heteroatoms. The van der Waals surface area contributed by atoms with Gasteiger partial charge in [0.05, 0.1) is 12.5 Å². The molecule has 0 N–H and O–H groups in total. The number of rotatable bonds is 1. The number of ether oxygens (including phenoxy) is 1. The summed E-state index contributed by atoms with van der Waals surface area (Å²) in [5.41, 5.74) is 0.269. The second-order valence-corrected chi connectivity index (χ2v) is 3.23. The first-order chi connectivity index (χ1) is 7.11. The molecule has 1 aromatic carbocycles. The lowest BCUT2D eigenvalue weighted by Crippen LogP contribution is -1.99. The average molecular weight is 208 g/mol. The van der Waals surface area contributed by atoms with Gasteiger partial charge in [-0.2, -0.15) is 0 Å². The Labute approximate surface area is 85.1 Å². The second-order valence-electron chi connectivity index (χ2n) is 3.23. The van der Waals surface area contributed by atoms with Crippen LogP contribution in [-0.4, -0.2) is 7.11 Å². The summed E-state index contributed by atoms with van der Waals surface area (Å²) in [5, 5.41) is 0.315. The van der Waals surface area contributed by atoms with Gasteiger partial charge in [0.1, 0.15) is 17.1 Å². The van der Waals surface area contributed by atoms with E-state index in [1.165, 1.54) is 25.3 Å². The van der Waals surface area contributed by atoms with Crippen LogP contribution in [0.2, 0.25) is 0 Å². The molecule has 1 heterocycles. The highest BCUT2D eigenvalue weighted by Crippen LogP contribution is 2.25. The van der Waals surface area contributed by atoms with Gasteiger partial charge in [0, 0.05) is 18.2 Å². The summed E-state index contributed by atoms with van der Waals surface area (Å²) in [6, 6.07) is 4.01. The molecule has 0 atom stereocenters. The van der Waals surface area contributed by atoms with Gasteiger partial charge in [0.2, 0.25) is 0 Å². The Morgan fingerprint density at radius 2 is 2.07 bits per heavy atom. The van der Waals surface area contributed by atoms with Gasteiger partial charge in [0.25, 0.3) is 0 Å². The van der Waals surface area contributed by atoms with E-state index in [4.69, 9.17) is 9.15 Å². The molecule has 0 aliphatic rings. The second kappa shape index (κ2) is 3.38. The van der Waals surface area contributed by atoms with Gasteiger partial charge in [-0.1, -0.05) is 0 Å². The molecule has 0 fully saturated rings. The van der Waals surface area contributed by atoms with Crippen molar-refractivity contribution in [2.45, 2.75) is 6.92 Å². The zero-order valence-electron chi connectivity index (χ0n) is 8.33. The summed E-state index contributed by atoms with van der Waals surface area (Å²) in [7, 11) is 1.43. The molecule has 1 aromatic heterocycles. The van der Waals surface area contributed by atoms with Crippen LogP contribution in [0.1, 0.15) is 5.56 Å². The van der Waals surface area contributed by atoms with Crippen LogP contribution in [0.25, 0.3) is 11.0 Å². The van der Waals surface area contributed by atoms with Crippen molar-refractivity contribution in [1.29, 1.82) is 0 Å². The molecule has 0 aliphatic carbocycles. The largest absolute Gasteiger partial charge is 0.497 e. The number of hydrogen-bond acceptors (Lipinski definition) is 3. The molecule has 0 spiro atoms. The van der Waals surface area contributed by atoms with Crippen molar-refractivity contribution in [3.8, 4) is 5.75 Å². The third kappa shape index (κ3) is 1.58. The molecule has 78 valence electrons. The molecule has 0 unspecified atom stereocenters. The Kier molecular flexibility index (Phi) is 2.19. The third-order valence-corrected chi connectivity index (χ3v) is 2.20. The first kappa shape index (κ1) is 9.71. The average Bonchev–Trinajstić information content (AvgIpc) is 2.15. The first-order valence-corrected chi connectivity index (χ1v) is 4.40. The van der Waals surface area contributed by atoms with E-state index >= 15 is 0 Å². The van der Waals surface area contributed by atoms with E-state index in [0.717, 1.165) is 0 Å². The van der Waals surface area contributed by atoms with Crippen LogP contribution >= 0.6 is 0 Å². The number of aryl methyl sites for hydroxylation is 1. The molecule has 0 aliphatic heterocycles. The molecule has 2 rings (SSSR count). The number of methoxy groups -OCH3 is 1. The number of benzene rings is 1. The fourth-order valence-corrected chi connectivity index (χ4v) is 1.53. The summed E-state index contributed by atoms with van der Waals surface area (Å²) >= 11 is 0. The molecule has 0 radical (unpaired) electrons. The van der Waals surface area contributed by atoms with Crippen LogP contribution in [0.5, 0.6) is 5.75 Å². The summed E-state index contributed by atoms with van der Waals surface area (Å²) in [4.78, 5) is 11.1. The van der Waals surface area contributed by atoms with Crippen LogP contribution in [0.4, 0.5) is 4.39 Å². The minimum Gasteiger partial charge on any atom is -0.497 e. The van der Waals surface area contributed by atoms with E-state index in [9.17, 15) is 9.18 Å². The van der Waals surface area contributed by atoms with Gasteiger partial charge in [0.15, 0.2) is 0 Å². The Bertz CT molecular complexity index is 572. The van der Waals surface area contributed by atoms with Gasteiger partial charge in [-0.05, 0) is 12.5 Å². The van der Waals surface area contributed by atoms with Gasteiger partial charge in [-0.25, -0.2) is 9.18 Å².